The molecule has 0 N–H and O–H groups in total. The van der Waals surface area contributed by atoms with E-state index < -0.39 is 0 Å². The number of halogens is 1. The zero-order chi connectivity index (χ0) is 17.4. The van der Waals surface area contributed by atoms with E-state index in [-0.39, 0.29) is 11.0 Å². The molecule has 0 fully saturated rings. The number of rotatable bonds is 4. The molecule has 3 aromatic rings. The number of carbonyl (C=O) groups is 1. The van der Waals surface area contributed by atoms with Gasteiger partial charge in [0.05, 0.1) is 10.8 Å². The lowest BCUT2D eigenvalue weighted by atomic mass is 10.0. The zero-order valence-corrected chi connectivity index (χ0v) is 15.5. The molecule has 1 aromatic heterocycles. The van der Waals surface area contributed by atoms with Gasteiger partial charge in [-0.1, -0.05) is 29.8 Å². The minimum absolute atomic E-state index is 0.152. The summed E-state index contributed by atoms with van der Waals surface area (Å²) in [5.41, 5.74) is 4.41. The second-order valence-electron chi connectivity index (χ2n) is 6.43. The summed E-state index contributed by atoms with van der Waals surface area (Å²) >= 11 is 7.64. The minimum atomic E-state index is -0.152. The summed E-state index contributed by atoms with van der Waals surface area (Å²) in [7, 11) is 0. The maximum atomic E-state index is 12.9. The number of hydrogen-bond donors (Lipinski definition) is 0. The summed E-state index contributed by atoms with van der Waals surface area (Å²) in [6.45, 7) is 1.97. The maximum absolute atomic E-state index is 12.9. The fraction of sp³-hybridized carbons (Fsp3) is 0.238. The third-order valence-electron chi connectivity index (χ3n) is 4.72. The number of ketones is 1. The highest BCUT2D eigenvalue weighted by Gasteiger charge is 2.20. The smallest absolute Gasteiger partial charge is 0.175 e. The number of hydrogen-bond acceptors (Lipinski definition) is 3. The fourth-order valence-electron chi connectivity index (χ4n) is 3.40. The van der Waals surface area contributed by atoms with Gasteiger partial charge in [0.15, 0.2) is 5.78 Å². The summed E-state index contributed by atoms with van der Waals surface area (Å²) < 4.78 is 0. The SMILES string of the molecule is C[C@@H](Sc1ccnc2cc(Cl)ccc12)C(=O)c1ccc2c(c1)CCC2. The number of carbonyl (C=O) groups excluding carboxylic acids is 1. The van der Waals surface area contributed by atoms with Crippen molar-refractivity contribution in [2.24, 2.45) is 0 Å². The predicted molar refractivity (Wildman–Crippen MR) is 105 cm³/mol. The van der Waals surface area contributed by atoms with E-state index in [1.54, 1.807) is 18.0 Å². The number of thioether (sulfide) groups is 1. The third-order valence-corrected chi connectivity index (χ3v) is 6.13. The molecule has 0 saturated heterocycles. The highest BCUT2D eigenvalue weighted by Crippen LogP contribution is 2.33. The molecule has 25 heavy (non-hydrogen) atoms. The van der Waals surface area contributed by atoms with Crippen LogP contribution in [-0.4, -0.2) is 16.0 Å². The van der Waals surface area contributed by atoms with Crippen molar-refractivity contribution in [3.8, 4) is 0 Å². The molecule has 4 heteroatoms. The maximum Gasteiger partial charge on any atom is 0.175 e. The van der Waals surface area contributed by atoms with Crippen LogP contribution >= 0.6 is 23.4 Å². The predicted octanol–water partition coefficient (Wildman–Crippen LogP) is 5.74. The molecule has 2 nitrogen and oxygen atoms in total. The molecule has 0 bridgehead atoms. The van der Waals surface area contributed by atoms with Crippen molar-refractivity contribution in [1.29, 1.82) is 0 Å². The molecule has 1 atom stereocenters. The molecule has 0 saturated carbocycles. The standard InChI is InChI=1S/C21H18ClNOS/c1-13(21(24)16-6-5-14-3-2-4-15(14)11-16)25-20-9-10-23-19-12-17(22)7-8-18(19)20/h5-13H,2-4H2,1H3/t13-/m1/s1. The lowest BCUT2D eigenvalue weighted by Gasteiger charge is -2.13. The van der Waals surface area contributed by atoms with Crippen molar-refractivity contribution in [3.05, 3.63) is 70.4 Å². The number of pyridine rings is 1. The van der Waals surface area contributed by atoms with Crippen LogP contribution in [0.1, 0.15) is 34.8 Å². The summed E-state index contributed by atoms with van der Waals surface area (Å²) in [6.07, 6.45) is 5.20. The fourth-order valence-corrected chi connectivity index (χ4v) is 4.63. The summed E-state index contributed by atoms with van der Waals surface area (Å²) in [4.78, 5) is 18.3. The van der Waals surface area contributed by atoms with Crippen molar-refractivity contribution in [2.45, 2.75) is 36.3 Å². The van der Waals surface area contributed by atoms with Gasteiger partial charge >= 0.3 is 0 Å². The van der Waals surface area contributed by atoms with Crippen LogP contribution in [-0.2, 0) is 12.8 Å². The van der Waals surface area contributed by atoms with E-state index >= 15 is 0 Å². The average molecular weight is 368 g/mol. The topological polar surface area (TPSA) is 30.0 Å². The number of fused-ring (bicyclic) bond motifs is 2. The molecule has 1 aliphatic rings. The molecule has 0 unspecified atom stereocenters. The van der Waals surface area contributed by atoms with Gasteiger partial charge < -0.3 is 0 Å². The zero-order valence-electron chi connectivity index (χ0n) is 14.0. The molecular weight excluding hydrogens is 350 g/mol. The molecule has 1 heterocycles. The van der Waals surface area contributed by atoms with Crippen LogP contribution in [0.2, 0.25) is 5.02 Å². The molecule has 0 amide bonds. The van der Waals surface area contributed by atoms with E-state index in [1.165, 1.54) is 17.5 Å². The largest absolute Gasteiger partial charge is 0.293 e. The Labute approximate surface area is 156 Å². The van der Waals surface area contributed by atoms with Crippen molar-refractivity contribution >= 4 is 40.0 Å². The summed E-state index contributed by atoms with van der Waals surface area (Å²) in [5, 5.41) is 1.55. The van der Waals surface area contributed by atoms with Gasteiger partial charge in [0.2, 0.25) is 0 Å². The van der Waals surface area contributed by atoms with Gasteiger partial charge in [0.1, 0.15) is 0 Å². The molecule has 4 rings (SSSR count). The molecule has 2 aromatic carbocycles. The van der Waals surface area contributed by atoms with Crippen LogP contribution in [0.15, 0.2) is 53.6 Å². The van der Waals surface area contributed by atoms with Crippen LogP contribution in [0.3, 0.4) is 0 Å². The van der Waals surface area contributed by atoms with Crippen molar-refractivity contribution in [3.63, 3.8) is 0 Å². The lowest BCUT2D eigenvalue weighted by molar-refractivity contribution is 0.0994. The van der Waals surface area contributed by atoms with Crippen LogP contribution < -0.4 is 0 Å². The first-order valence-corrected chi connectivity index (χ1v) is 9.74. The molecule has 0 aliphatic heterocycles. The van der Waals surface area contributed by atoms with E-state index in [0.29, 0.717) is 5.02 Å². The first-order valence-electron chi connectivity index (χ1n) is 8.49. The first kappa shape index (κ1) is 16.6. The Morgan fingerprint density at radius 3 is 2.84 bits per heavy atom. The second kappa shape index (κ2) is 6.81. The third kappa shape index (κ3) is 3.31. The Kier molecular flexibility index (Phi) is 4.53. The van der Waals surface area contributed by atoms with Gasteiger partial charge in [-0.15, -0.1) is 11.8 Å². The Morgan fingerprint density at radius 1 is 1.12 bits per heavy atom. The summed E-state index contributed by atoms with van der Waals surface area (Å²) in [6, 6.07) is 13.8. The first-order chi connectivity index (χ1) is 12.1. The number of benzene rings is 2. The Balaban J connectivity index is 1.59. The highest BCUT2D eigenvalue weighted by atomic mass is 35.5. The Bertz CT molecular complexity index is 969. The van der Waals surface area contributed by atoms with Gasteiger partial charge in [-0.2, -0.15) is 0 Å². The van der Waals surface area contributed by atoms with Gasteiger partial charge in [0, 0.05) is 27.1 Å². The van der Waals surface area contributed by atoms with E-state index in [4.69, 9.17) is 11.6 Å². The van der Waals surface area contributed by atoms with Crippen molar-refractivity contribution in [2.75, 3.05) is 0 Å². The quantitative estimate of drug-likeness (QED) is 0.435. The van der Waals surface area contributed by atoms with Crippen molar-refractivity contribution < 1.29 is 4.79 Å². The van der Waals surface area contributed by atoms with E-state index in [0.717, 1.165) is 34.2 Å². The van der Waals surface area contributed by atoms with Gasteiger partial charge in [0.25, 0.3) is 0 Å². The highest BCUT2D eigenvalue weighted by molar-refractivity contribution is 8.00. The van der Waals surface area contributed by atoms with Crippen LogP contribution in [0.4, 0.5) is 0 Å². The molecule has 0 radical (unpaired) electrons. The van der Waals surface area contributed by atoms with Gasteiger partial charge in [-0.05, 0) is 61.6 Å². The number of aromatic nitrogens is 1. The summed E-state index contributed by atoms with van der Waals surface area (Å²) in [5.74, 6) is 0.179. The van der Waals surface area contributed by atoms with Crippen LogP contribution in [0.25, 0.3) is 10.9 Å². The Morgan fingerprint density at radius 2 is 1.96 bits per heavy atom. The minimum Gasteiger partial charge on any atom is -0.293 e. The van der Waals surface area contributed by atoms with Crippen LogP contribution in [0.5, 0.6) is 0 Å². The number of Topliss-reactive ketones (excluding diaryl/α,β-unsaturated/α-hetero) is 1. The normalized spacial score (nSPS) is 14.5. The molecule has 0 spiro atoms. The van der Waals surface area contributed by atoms with E-state index in [9.17, 15) is 4.79 Å². The van der Waals surface area contributed by atoms with E-state index in [2.05, 4.69) is 17.1 Å². The van der Waals surface area contributed by atoms with E-state index in [1.807, 2.05) is 37.3 Å². The number of nitrogens with zero attached hydrogens (tertiary/aromatic N) is 1. The lowest BCUT2D eigenvalue weighted by Crippen LogP contribution is -2.13. The Hall–Kier alpha value is -1.84. The molecule has 126 valence electrons. The van der Waals surface area contributed by atoms with Gasteiger partial charge in [-0.25, -0.2) is 0 Å². The molecular formula is C21H18ClNOS. The van der Waals surface area contributed by atoms with Crippen molar-refractivity contribution in [1.82, 2.24) is 4.98 Å². The molecule has 1 aliphatic carbocycles. The average Bonchev–Trinajstić information content (AvgIpc) is 3.08. The van der Waals surface area contributed by atoms with Crippen LogP contribution in [0, 0.1) is 0 Å². The van der Waals surface area contributed by atoms with Gasteiger partial charge in [-0.3, -0.25) is 9.78 Å². The second-order valence-corrected chi connectivity index (χ2v) is 8.25. The number of aryl methyl sites for hydroxylation is 2. The monoisotopic (exact) mass is 367 g/mol.